The van der Waals surface area contributed by atoms with Crippen LogP contribution in [0.1, 0.15) is 22.9 Å². The van der Waals surface area contributed by atoms with Gasteiger partial charge in [-0.25, -0.2) is 4.98 Å². The smallest absolute Gasteiger partial charge is 0.257 e. The monoisotopic (exact) mass is 288 g/mol. The Morgan fingerprint density at radius 2 is 2.05 bits per heavy atom. The van der Waals surface area contributed by atoms with E-state index in [9.17, 15) is 4.79 Å². The van der Waals surface area contributed by atoms with Gasteiger partial charge in [0.25, 0.3) is 5.91 Å². The standard InChI is InChI=1S/C16H20N2O3/c1-11-6-4-5-7-14(11)20-10-16(19)17-9-8-15-12(2)18-13(3)21-15/h4-7H,8-10H2,1-3H3,(H,17,19). The molecule has 2 aromatic rings. The number of ether oxygens (including phenoxy) is 1. The van der Waals surface area contributed by atoms with Crippen LogP contribution in [0.4, 0.5) is 0 Å². The van der Waals surface area contributed by atoms with Crippen LogP contribution in [0.3, 0.4) is 0 Å². The lowest BCUT2D eigenvalue weighted by atomic mass is 10.2. The molecule has 0 atom stereocenters. The summed E-state index contributed by atoms with van der Waals surface area (Å²) in [5.41, 5.74) is 1.89. The molecule has 1 N–H and O–H groups in total. The topological polar surface area (TPSA) is 64.4 Å². The van der Waals surface area contributed by atoms with Gasteiger partial charge in [0.1, 0.15) is 11.5 Å². The Bertz CT molecular complexity index is 620. The molecule has 21 heavy (non-hydrogen) atoms. The number of carbonyl (C=O) groups is 1. The van der Waals surface area contributed by atoms with Crippen molar-refractivity contribution in [3.05, 3.63) is 47.2 Å². The SMILES string of the molecule is Cc1nc(C)c(CCNC(=O)COc2ccccc2C)o1. The highest BCUT2D eigenvalue weighted by molar-refractivity contribution is 5.77. The first-order valence-electron chi connectivity index (χ1n) is 6.94. The minimum atomic E-state index is -0.146. The van der Waals surface area contributed by atoms with E-state index in [1.807, 2.05) is 45.0 Å². The van der Waals surface area contributed by atoms with Gasteiger partial charge in [0, 0.05) is 19.9 Å². The fourth-order valence-electron chi connectivity index (χ4n) is 2.03. The molecule has 0 radical (unpaired) electrons. The Balaban J connectivity index is 1.73. The zero-order valence-corrected chi connectivity index (χ0v) is 12.6. The van der Waals surface area contributed by atoms with Gasteiger partial charge in [0.2, 0.25) is 0 Å². The Morgan fingerprint density at radius 1 is 1.29 bits per heavy atom. The lowest BCUT2D eigenvalue weighted by Crippen LogP contribution is -2.30. The van der Waals surface area contributed by atoms with Crippen LogP contribution >= 0.6 is 0 Å². The van der Waals surface area contributed by atoms with E-state index >= 15 is 0 Å². The van der Waals surface area contributed by atoms with Gasteiger partial charge in [0.05, 0.1) is 5.69 Å². The quantitative estimate of drug-likeness (QED) is 0.886. The van der Waals surface area contributed by atoms with Crippen molar-refractivity contribution in [3.63, 3.8) is 0 Å². The minimum absolute atomic E-state index is 0.0132. The lowest BCUT2D eigenvalue weighted by molar-refractivity contribution is -0.123. The number of benzene rings is 1. The molecule has 0 aliphatic heterocycles. The highest BCUT2D eigenvalue weighted by atomic mass is 16.5. The Hall–Kier alpha value is -2.30. The summed E-state index contributed by atoms with van der Waals surface area (Å²) >= 11 is 0. The van der Waals surface area contributed by atoms with Crippen molar-refractivity contribution < 1.29 is 13.9 Å². The summed E-state index contributed by atoms with van der Waals surface area (Å²) in [7, 11) is 0. The first kappa shape index (κ1) is 15.1. The molecule has 5 nitrogen and oxygen atoms in total. The van der Waals surface area contributed by atoms with Gasteiger partial charge in [-0.05, 0) is 25.5 Å². The van der Waals surface area contributed by atoms with E-state index in [2.05, 4.69) is 10.3 Å². The van der Waals surface area contributed by atoms with Crippen molar-refractivity contribution in [1.29, 1.82) is 0 Å². The summed E-state index contributed by atoms with van der Waals surface area (Å²) in [6.07, 6.45) is 0.628. The van der Waals surface area contributed by atoms with Crippen LogP contribution in [-0.2, 0) is 11.2 Å². The van der Waals surface area contributed by atoms with Gasteiger partial charge in [-0.2, -0.15) is 0 Å². The molecule has 0 bridgehead atoms. The molecule has 0 fully saturated rings. The van der Waals surface area contributed by atoms with Crippen molar-refractivity contribution in [2.45, 2.75) is 27.2 Å². The number of amides is 1. The number of hydrogen-bond donors (Lipinski definition) is 1. The summed E-state index contributed by atoms with van der Waals surface area (Å²) in [4.78, 5) is 15.9. The molecule has 5 heteroatoms. The Morgan fingerprint density at radius 3 is 2.71 bits per heavy atom. The van der Waals surface area contributed by atoms with Crippen LogP contribution < -0.4 is 10.1 Å². The number of oxazole rings is 1. The molecule has 1 amide bonds. The van der Waals surface area contributed by atoms with E-state index in [0.717, 1.165) is 22.8 Å². The minimum Gasteiger partial charge on any atom is -0.484 e. The largest absolute Gasteiger partial charge is 0.484 e. The van der Waals surface area contributed by atoms with Crippen molar-refractivity contribution >= 4 is 5.91 Å². The summed E-state index contributed by atoms with van der Waals surface area (Å²) in [6.45, 7) is 6.17. The number of rotatable bonds is 6. The molecule has 1 aromatic heterocycles. The highest BCUT2D eigenvalue weighted by Gasteiger charge is 2.08. The van der Waals surface area contributed by atoms with E-state index in [1.165, 1.54) is 0 Å². The average molecular weight is 288 g/mol. The van der Waals surface area contributed by atoms with Crippen LogP contribution in [0.25, 0.3) is 0 Å². The third-order valence-corrected chi connectivity index (χ3v) is 3.13. The predicted molar refractivity (Wildman–Crippen MR) is 79.4 cm³/mol. The molecular formula is C16H20N2O3. The molecule has 1 heterocycles. The maximum absolute atomic E-state index is 11.7. The third-order valence-electron chi connectivity index (χ3n) is 3.13. The van der Waals surface area contributed by atoms with Crippen LogP contribution in [0, 0.1) is 20.8 Å². The summed E-state index contributed by atoms with van der Waals surface area (Å²) in [5, 5.41) is 2.81. The number of nitrogens with one attached hydrogen (secondary N) is 1. The van der Waals surface area contributed by atoms with E-state index < -0.39 is 0 Å². The van der Waals surface area contributed by atoms with Crippen molar-refractivity contribution in [2.75, 3.05) is 13.2 Å². The van der Waals surface area contributed by atoms with Crippen LogP contribution in [-0.4, -0.2) is 24.0 Å². The van der Waals surface area contributed by atoms with E-state index in [0.29, 0.717) is 18.9 Å². The van der Waals surface area contributed by atoms with Gasteiger partial charge >= 0.3 is 0 Å². The second-order valence-electron chi connectivity index (χ2n) is 4.90. The van der Waals surface area contributed by atoms with Gasteiger partial charge < -0.3 is 14.5 Å². The second-order valence-corrected chi connectivity index (χ2v) is 4.90. The number of aryl methyl sites for hydroxylation is 3. The maximum atomic E-state index is 11.7. The van der Waals surface area contributed by atoms with E-state index in [1.54, 1.807) is 0 Å². The Kier molecular flexibility index (Phi) is 4.98. The maximum Gasteiger partial charge on any atom is 0.257 e. The van der Waals surface area contributed by atoms with Crippen LogP contribution in [0.5, 0.6) is 5.75 Å². The summed E-state index contributed by atoms with van der Waals surface area (Å²) in [6, 6.07) is 7.62. The number of carbonyl (C=O) groups excluding carboxylic acids is 1. The lowest BCUT2D eigenvalue weighted by Gasteiger charge is -2.09. The molecule has 0 aliphatic rings. The van der Waals surface area contributed by atoms with Crippen molar-refractivity contribution in [1.82, 2.24) is 10.3 Å². The molecule has 0 saturated carbocycles. The number of hydrogen-bond acceptors (Lipinski definition) is 4. The summed E-state index contributed by atoms with van der Waals surface area (Å²) < 4.78 is 10.9. The molecular weight excluding hydrogens is 268 g/mol. The molecule has 0 saturated heterocycles. The number of para-hydroxylation sites is 1. The van der Waals surface area contributed by atoms with Crippen LogP contribution in [0.15, 0.2) is 28.7 Å². The third kappa shape index (κ3) is 4.34. The second kappa shape index (κ2) is 6.92. The molecule has 0 unspecified atom stereocenters. The van der Waals surface area contributed by atoms with E-state index in [-0.39, 0.29) is 12.5 Å². The Labute approximate surface area is 124 Å². The number of aromatic nitrogens is 1. The molecule has 2 rings (SSSR count). The molecule has 1 aromatic carbocycles. The first-order chi connectivity index (χ1) is 10.1. The normalized spacial score (nSPS) is 10.4. The molecule has 0 aliphatic carbocycles. The van der Waals surface area contributed by atoms with Gasteiger partial charge in [0.15, 0.2) is 12.5 Å². The first-order valence-corrected chi connectivity index (χ1v) is 6.94. The fourth-order valence-corrected chi connectivity index (χ4v) is 2.03. The van der Waals surface area contributed by atoms with Gasteiger partial charge in [-0.3, -0.25) is 4.79 Å². The predicted octanol–water partition coefficient (Wildman–Crippen LogP) is 2.34. The average Bonchev–Trinajstić information content (AvgIpc) is 2.76. The zero-order valence-electron chi connectivity index (χ0n) is 12.6. The van der Waals surface area contributed by atoms with Crippen LogP contribution in [0.2, 0.25) is 0 Å². The molecule has 112 valence electrons. The summed E-state index contributed by atoms with van der Waals surface area (Å²) in [5.74, 6) is 2.05. The highest BCUT2D eigenvalue weighted by Crippen LogP contribution is 2.15. The van der Waals surface area contributed by atoms with E-state index in [4.69, 9.17) is 9.15 Å². The zero-order chi connectivity index (χ0) is 15.2. The van der Waals surface area contributed by atoms with Crippen molar-refractivity contribution in [2.24, 2.45) is 0 Å². The van der Waals surface area contributed by atoms with Gasteiger partial charge in [-0.1, -0.05) is 18.2 Å². The number of nitrogens with zero attached hydrogens (tertiary/aromatic N) is 1. The fraction of sp³-hybridized carbons (Fsp3) is 0.375. The van der Waals surface area contributed by atoms with Crippen molar-refractivity contribution in [3.8, 4) is 5.75 Å². The van der Waals surface area contributed by atoms with Gasteiger partial charge in [-0.15, -0.1) is 0 Å². The molecule has 0 spiro atoms.